The monoisotopic (exact) mass is 431 g/mol. The Hall–Kier alpha value is -3.43. The normalized spacial score (nSPS) is 14.7. The molecule has 0 atom stereocenters. The zero-order valence-electron chi connectivity index (χ0n) is 16.8. The Labute approximate surface area is 176 Å². The van der Waals surface area contributed by atoms with E-state index in [1.807, 2.05) is 41.0 Å². The number of carbonyl (C=O) groups excluding carboxylic acids is 1. The summed E-state index contributed by atoms with van der Waals surface area (Å²) in [6.45, 7) is 4.39. The van der Waals surface area contributed by atoms with E-state index in [4.69, 9.17) is 0 Å². The van der Waals surface area contributed by atoms with Gasteiger partial charge in [-0.2, -0.15) is 18.2 Å². The third kappa shape index (κ3) is 4.84. The third-order valence-corrected chi connectivity index (χ3v) is 5.07. The summed E-state index contributed by atoms with van der Waals surface area (Å²) < 4.78 is 42.1. The van der Waals surface area contributed by atoms with Gasteiger partial charge in [-0.15, -0.1) is 0 Å². The van der Waals surface area contributed by atoms with E-state index in [0.29, 0.717) is 44.0 Å². The average molecular weight is 431 g/mol. The van der Waals surface area contributed by atoms with Crippen LogP contribution < -0.4 is 4.90 Å². The molecule has 1 aromatic carbocycles. The van der Waals surface area contributed by atoms with Crippen molar-refractivity contribution in [3.8, 4) is 11.4 Å². The molecule has 1 fully saturated rings. The highest BCUT2D eigenvalue weighted by atomic mass is 19.4. The van der Waals surface area contributed by atoms with Crippen molar-refractivity contribution in [2.75, 3.05) is 31.1 Å². The van der Waals surface area contributed by atoms with Crippen LogP contribution in [0.25, 0.3) is 11.4 Å². The maximum absolute atomic E-state index is 12.6. The largest absolute Gasteiger partial charge is 0.471 e. The number of hydrogen-bond donors (Lipinski definition) is 0. The number of pyridine rings is 1. The molecular formula is C21H20F3N5O2. The molecule has 1 saturated heterocycles. The highest BCUT2D eigenvalue weighted by Crippen LogP contribution is 2.29. The minimum absolute atomic E-state index is 0.0890. The van der Waals surface area contributed by atoms with Crippen molar-refractivity contribution in [2.24, 2.45) is 0 Å². The predicted octanol–water partition coefficient (Wildman–Crippen LogP) is 3.35. The first-order chi connectivity index (χ1) is 14.8. The van der Waals surface area contributed by atoms with E-state index in [0.717, 1.165) is 11.1 Å². The molecule has 10 heteroatoms. The predicted molar refractivity (Wildman–Crippen MR) is 106 cm³/mol. The molecule has 3 heterocycles. The van der Waals surface area contributed by atoms with Gasteiger partial charge >= 0.3 is 12.1 Å². The number of aromatic nitrogens is 3. The number of rotatable bonds is 4. The van der Waals surface area contributed by atoms with Crippen LogP contribution in [0.5, 0.6) is 0 Å². The quantitative estimate of drug-likeness (QED) is 0.631. The molecule has 0 radical (unpaired) electrons. The standard InChI is InChI=1S/C21H20F3N5O2/c1-14-3-2-4-15(11-14)12-18(30)29-9-7-28(8-10-29)17-6-5-16(13-25-17)19-26-20(31-27-19)21(22,23)24/h2-6,11,13H,7-10,12H2,1H3. The second kappa shape index (κ2) is 8.37. The molecule has 2 aromatic heterocycles. The van der Waals surface area contributed by atoms with Crippen molar-refractivity contribution < 1.29 is 22.5 Å². The number of anilines is 1. The number of halogens is 3. The van der Waals surface area contributed by atoms with Gasteiger partial charge in [-0.25, -0.2) is 4.98 Å². The van der Waals surface area contributed by atoms with Gasteiger partial charge in [-0.3, -0.25) is 4.79 Å². The van der Waals surface area contributed by atoms with Crippen LogP contribution in [0.3, 0.4) is 0 Å². The lowest BCUT2D eigenvalue weighted by Crippen LogP contribution is -2.49. The molecule has 3 aromatic rings. The Morgan fingerprint density at radius 2 is 1.90 bits per heavy atom. The van der Waals surface area contributed by atoms with E-state index in [1.165, 1.54) is 6.20 Å². The maximum atomic E-state index is 12.6. The molecule has 31 heavy (non-hydrogen) atoms. The van der Waals surface area contributed by atoms with Crippen molar-refractivity contribution in [3.63, 3.8) is 0 Å². The van der Waals surface area contributed by atoms with E-state index in [-0.39, 0.29) is 11.7 Å². The smallest absolute Gasteiger partial charge is 0.353 e. The van der Waals surface area contributed by atoms with Gasteiger partial charge in [0.25, 0.3) is 0 Å². The number of benzene rings is 1. The molecule has 162 valence electrons. The summed E-state index contributed by atoms with van der Waals surface area (Å²) in [5.41, 5.74) is 2.45. The Bertz CT molecular complexity index is 1060. The summed E-state index contributed by atoms with van der Waals surface area (Å²) in [7, 11) is 0. The average Bonchev–Trinajstić information content (AvgIpc) is 3.25. The summed E-state index contributed by atoms with van der Waals surface area (Å²) in [6, 6.07) is 11.2. The summed E-state index contributed by atoms with van der Waals surface area (Å²) in [6.07, 6.45) is -2.90. The van der Waals surface area contributed by atoms with Crippen molar-refractivity contribution in [1.82, 2.24) is 20.0 Å². The summed E-state index contributed by atoms with van der Waals surface area (Å²) in [5.74, 6) is -0.795. The lowest BCUT2D eigenvalue weighted by atomic mass is 10.1. The number of piperazine rings is 1. The van der Waals surface area contributed by atoms with Gasteiger partial charge in [0.05, 0.1) is 6.42 Å². The van der Waals surface area contributed by atoms with Gasteiger partial charge in [-0.05, 0) is 24.6 Å². The second-order valence-corrected chi connectivity index (χ2v) is 7.36. The number of amides is 1. The molecular weight excluding hydrogens is 411 g/mol. The number of aryl methyl sites for hydroxylation is 1. The van der Waals surface area contributed by atoms with Crippen LogP contribution >= 0.6 is 0 Å². The number of nitrogens with zero attached hydrogens (tertiary/aromatic N) is 5. The van der Waals surface area contributed by atoms with E-state index in [9.17, 15) is 18.0 Å². The zero-order valence-corrected chi connectivity index (χ0v) is 16.8. The van der Waals surface area contributed by atoms with Crippen molar-refractivity contribution in [2.45, 2.75) is 19.5 Å². The summed E-state index contributed by atoms with van der Waals surface area (Å²) in [5, 5.41) is 3.36. The third-order valence-electron chi connectivity index (χ3n) is 5.07. The molecule has 0 unspecified atom stereocenters. The maximum Gasteiger partial charge on any atom is 0.471 e. The molecule has 0 N–H and O–H groups in total. The number of carbonyl (C=O) groups is 1. The van der Waals surface area contributed by atoms with Crippen molar-refractivity contribution in [1.29, 1.82) is 0 Å². The molecule has 1 aliphatic rings. The molecule has 0 aliphatic carbocycles. The van der Waals surface area contributed by atoms with Gasteiger partial charge in [0, 0.05) is 37.9 Å². The van der Waals surface area contributed by atoms with Gasteiger partial charge < -0.3 is 14.3 Å². The summed E-state index contributed by atoms with van der Waals surface area (Å²) >= 11 is 0. The SMILES string of the molecule is Cc1cccc(CC(=O)N2CCN(c3ccc(-c4noc(C(F)(F)F)n4)cn3)CC2)c1. The molecule has 7 nitrogen and oxygen atoms in total. The van der Waals surface area contributed by atoms with Gasteiger partial charge in [0.2, 0.25) is 11.7 Å². The number of hydrogen-bond acceptors (Lipinski definition) is 6. The van der Waals surface area contributed by atoms with Gasteiger partial charge in [0.15, 0.2) is 0 Å². The fourth-order valence-electron chi connectivity index (χ4n) is 3.45. The van der Waals surface area contributed by atoms with Crippen LogP contribution in [-0.4, -0.2) is 52.1 Å². The topological polar surface area (TPSA) is 75.4 Å². The van der Waals surface area contributed by atoms with Crippen LogP contribution in [-0.2, 0) is 17.4 Å². The van der Waals surface area contributed by atoms with Crippen LogP contribution in [0.1, 0.15) is 17.0 Å². The van der Waals surface area contributed by atoms with Crippen molar-refractivity contribution >= 4 is 11.7 Å². The van der Waals surface area contributed by atoms with Gasteiger partial charge in [-0.1, -0.05) is 35.0 Å². The molecule has 1 aliphatic heterocycles. The lowest BCUT2D eigenvalue weighted by Gasteiger charge is -2.35. The van der Waals surface area contributed by atoms with E-state index in [2.05, 4.69) is 19.6 Å². The summed E-state index contributed by atoms with van der Waals surface area (Å²) in [4.78, 5) is 24.1. The zero-order chi connectivity index (χ0) is 22.0. The molecule has 1 amide bonds. The van der Waals surface area contributed by atoms with E-state index in [1.54, 1.807) is 12.1 Å². The van der Waals surface area contributed by atoms with Crippen LogP contribution in [0.15, 0.2) is 47.1 Å². The van der Waals surface area contributed by atoms with E-state index < -0.39 is 12.1 Å². The van der Waals surface area contributed by atoms with Crippen LogP contribution in [0.4, 0.5) is 19.0 Å². The fraction of sp³-hybridized carbons (Fsp3) is 0.333. The Morgan fingerprint density at radius 3 is 2.52 bits per heavy atom. The first kappa shape index (κ1) is 20.8. The second-order valence-electron chi connectivity index (χ2n) is 7.36. The van der Waals surface area contributed by atoms with Crippen molar-refractivity contribution in [3.05, 3.63) is 59.6 Å². The molecule has 0 saturated carbocycles. The Kier molecular flexibility index (Phi) is 5.62. The lowest BCUT2D eigenvalue weighted by molar-refractivity contribution is -0.159. The minimum atomic E-state index is -4.69. The first-order valence-corrected chi connectivity index (χ1v) is 9.75. The molecule has 4 rings (SSSR count). The number of alkyl halides is 3. The van der Waals surface area contributed by atoms with Crippen LogP contribution in [0, 0.1) is 6.92 Å². The Morgan fingerprint density at radius 1 is 1.13 bits per heavy atom. The molecule has 0 spiro atoms. The highest BCUT2D eigenvalue weighted by molar-refractivity contribution is 5.79. The minimum Gasteiger partial charge on any atom is -0.353 e. The van der Waals surface area contributed by atoms with Crippen LogP contribution in [0.2, 0.25) is 0 Å². The highest BCUT2D eigenvalue weighted by Gasteiger charge is 2.38. The van der Waals surface area contributed by atoms with E-state index >= 15 is 0 Å². The molecule has 0 bridgehead atoms. The van der Waals surface area contributed by atoms with Gasteiger partial charge in [0.1, 0.15) is 5.82 Å². The first-order valence-electron chi connectivity index (χ1n) is 9.75. The Balaban J connectivity index is 1.34. The fourth-order valence-corrected chi connectivity index (χ4v) is 3.45.